The summed E-state index contributed by atoms with van der Waals surface area (Å²) in [4.78, 5) is 11.5. The highest BCUT2D eigenvalue weighted by Gasteiger charge is 2.15. The summed E-state index contributed by atoms with van der Waals surface area (Å²) in [6.07, 6.45) is 0.979. The minimum absolute atomic E-state index is 0.344. The Bertz CT molecular complexity index is 560. The average Bonchev–Trinajstić information content (AvgIpc) is 3.05. The summed E-state index contributed by atoms with van der Waals surface area (Å²) in [7, 11) is 1.37. The SMILES string of the molecule is COC(=O)c1cc(CNC(C)Cc2ccsc2)oc1C. The van der Waals surface area contributed by atoms with Gasteiger partial charge >= 0.3 is 5.97 Å². The summed E-state index contributed by atoms with van der Waals surface area (Å²) in [6.45, 7) is 4.50. The van der Waals surface area contributed by atoms with Crippen LogP contribution < -0.4 is 5.32 Å². The van der Waals surface area contributed by atoms with Crippen molar-refractivity contribution in [1.82, 2.24) is 5.32 Å². The predicted molar refractivity (Wildman–Crippen MR) is 79.1 cm³/mol. The van der Waals surface area contributed by atoms with E-state index in [0.717, 1.165) is 12.2 Å². The molecule has 0 saturated carbocycles. The first-order chi connectivity index (χ1) is 9.60. The highest BCUT2D eigenvalue weighted by Crippen LogP contribution is 2.16. The van der Waals surface area contributed by atoms with Gasteiger partial charge in [-0.15, -0.1) is 0 Å². The molecule has 2 aromatic heterocycles. The molecule has 2 aromatic rings. The maximum Gasteiger partial charge on any atom is 0.341 e. The van der Waals surface area contributed by atoms with Crippen LogP contribution >= 0.6 is 11.3 Å². The Balaban J connectivity index is 1.89. The number of aryl methyl sites for hydroxylation is 1. The molecular weight excluding hydrogens is 274 g/mol. The van der Waals surface area contributed by atoms with Crippen LogP contribution in [0.2, 0.25) is 0 Å². The fourth-order valence-electron chi connectivity index (χ4n) is 2.05. The summed E-state index contributed by atoms with van der Waals surface area (Å²) >= 11 is 1.71. The van der Waals surface area contributed by atoms with E-state index in [2.05, 4.69) is 29.1 Å². The van der Waals surface area contributed by atoms with Crippen molar-refractivity contribution in [2.45, 2.75) is 32.9 Å². The monoisotopic (exact) mass is 293 g/mol. The topological polar surface area (TPSA) is 51.5 Å². The van der Waals surface area contributed by atoms with Gasteiger partial charge in [0.2, 0.25) is 0 Å². The van der Waals surface area contributed by atoms with E-state index in [1.807, 2.05) is 0 Å². The van der Waals surface area contributed by atoms with Crippen LogP contribution in [0.5, 0.6) is 0 Å². The van der Waals surface area contributed by atoms with Crippen LogP contribution in [-0.2, 0) is 17.7 Å². The highest BCUT2D eigenvalue weighted by atomic mass is 32.1. The summed E-state index contributed by atoms with van der Waals surface area (Å²) in [5.41, 5.74) is 1.83. The number of methoxy groups -OCH3 is 1. The number of nitrogens with one attached hydrogen (secondary N) is 1. The molecule has 0 aromatic carbocycles. The molecule has 0 aliphatic rings. The van der Waals surface area contributed by atoms with Gasteiger partial charge in [-0.25, -0.2) is 4.79 Å². The third kappa shape index (κ3) is 3.71. The smallest absolute Gasteiger partial charge is 0.341 e. The van der Waals surface area contributed by atoms with Gasteiger partial charge in [0.15, 0.2) is 0 Å². The quantitative estimate of drug-likeness (QED) is 0.831. The van der Waals surface area contributed by atoms with Gasteiger partial charge in [-0.05, 0) is 48.7 Å². The van der Waals surface area contributed by atoms with Crippen LogP contribution in [0.3, 0.4) is 0 Å². The summed E-state index contributed by atoms with van der Waals surface area (Å²) < 4.78 is 10.3. The van der Waals surface area contributed by atoms with Crippen molar-refractivity contribution >= 4 is 17.3 Å². The van der Waals surface area contributed by atoms with E-state index in [-0.39, 0.29) is 5.97 Å². The number of carbonyl (C=O) groups is 1. The van der Waals surface area contributed by atoms with E-state index in [1.165, 1.54) is 12.7 Å². The molecule has 0 radical (unpaired) electrons. The van der Waals surface area contributed by atoms with E-state index < -0.39 is 0 Å². The minimum atomic E-state index is -0.358. The lowest BCUT2D eigenvalue weighted by Crippen LogP contribution is -2.27. The lowest BCUT2D eigenvalue weighted by Gasteiger charge is -2.11. The number of hydrogen-bond donors (Lipinski definition) is 1. The molecule has 0 amide bonds. The molecular formula is C15H19NO3S. The van der Waals surface area contributed by atoms with Crippen molar-refractivity contribution in [1.29, 1.82) is 0 Å². The molecule has 0 bridgehead atoms. The zero-order chi connectivity index (χ0) is 14.5. The van der Waals surface area contributed by atoms with Crippen LogP contribution in [0.4, 0.5) is 0 Å². The summed E-state index contributed by atoms with van der Waals surface area (Å²) in [6, 6.07) is 4.22. The lowest BCUT2D eigenvalue weighted by atomic mass is 10.1. The van der Waals surface area contributed by atoms with Crippen LogP contribution in [-0.4, -0.2) is 19.1 Å². The fraction of sp³-hybridized carbons (Fsp3) is 0.400. The van der Waals surface area contributed by atoms with Gasteiger partial charge in [-0.3, -0.25) is 0 Å². The molecule has 0 fully saturated rings. The maximum absolute atomic E-state index is 11.5. The second-order valence-electron chi connectivity index (χ2n) is 4.79. The molecule has 0 spiro atoms. The van der Waals surface area contributed by atoms with Gasteiger partial charge < -0.3 is 14.5 Å². The molecule has 2 heterocycles. The molecule has 0 saturated heterocycles. The van der Waals surface area contributed by atoms with Crippen molar-refractivity contribution < 1.29 is 13.9 Å². The van der Waals surface area contributed by atoms with E-state index in [0.29, 0.717) is 23.9 Å². The molecule has 1 unspecified atom stereocenters. The van der Waals surface area contributed by atoms with Crippen LogP contribution in [0, 0.1) is 6.92 Å². The van der Waals surface area contributed by atoms with Crippen LogP contribution in [0.15, 0.2) is 27.3 Å². The average molecular weight is 293 g/mol. The molecule has 20 heavy (non-hydrogen) atoms. The molecule has 0 aliphatic heterocycles. The first-order valence-corrected chi connectivity index (χ1v) is 7.46. The van der Waals surface area contributed by atoms with E-state index >= 15 is 0 Å². The van der Waals surface area contributed by atoms with Gasteiger partial charge in [0, 0.05) is 6.04 Å². The Hall–Kier alpha value is -1.59. The molecule has 1 atom stereocenters. The zero-order valence-corrected chi connectivity index (χ0v) is 12.8. The van der Waals surface area contributed by atoms with Gasteiger partial charge in [-0.1, -0.05) is 0 Å². The number of carbonyl (C=O) groups excluding carboxylic acids is 1. The Morgan fingerprint density at radius 2 is 2.35 bits per heavy atom. The third-order valence-corrected chi connectivity index (χ3v) is 3.85. The Morgan fingerprint density at radius 3 is 3.00 bits per heavy atom. The van der Waals surface area contributed by atoms with Crippen molar-refractivity contribution in [2.24, 2.45) is 0 Å². The second-order valence-corrected chi connectivity index (χ2v) is 5.57. The first-order valence-electron chi connectivity index (χ1n) is 6.52. The minimum Gasteiger partial charge on any atom is -0.465 e. The molecule has 108 valence electrons. The standard InChI is InChI=1S/C15H19NO3S/c1-10(6-12-4-5-20-9-12)16-8-13-7-14(11(2)19-13)15(17)18-3/h4-5,7,9-10,16H,6,8H2,1-3H3. The Morgan fingerprint density at radius 1 is 1.55 bits per heavy atom. The van der Waals surface area contributed by atoms with Gasteiger partial charge in [-0.2, -0.15) is 11.3 Å². The van der Waals surface area contributed by atoms with Crippen molar-refractivity contribution in [3.8, 4) is 0 Å². The first kappa shape index (κ1) is 14.8. The number of thiophene rings is 1. The van der Waals surface area contributed by atoms with Gasteiger partial charge in [0.1, 0.15) is 17.1 Å². The highest BCUT2D eigenvalue weighted by molar-refractivity contribution is 7.07. The molecule has 2 rings (SSSR count). The molecule has 1 N–H and O–H groups in total. The Kier molecular flexibility index (Phi) is 4.98. The number of furan rings is 1. The Labute approximate surface area is 122 Å². The summed E-state index contributed by atoms with van der Waals surface area (Å²) in [5.74, 6) is 0.989. The van der Waals surface area contributed by atoms with Gasteiger partial charge in [0.05, 0.1) is 13.7 Å². The maximum atomic E-state index is 11.5. The van der Waals surface area contributed by atoms with Crippen molar-refractivity contribution in [2.75, 3.05) is 7.11 Å². The molecule has 5 heteroatoms. The van der Waals surface area contributed by atoms with E-state index in [9.17, 15) is 4.79 Å². The molecule has 0 aliphatic carbocycles. The van der Waals surface area contributed by atoms with E-state index in [1.54, 1.807) is 24.3 Å². The van der Waals surface area contributed by atoms with Crippen molar-refractivity contribution in [3.05, 3.63) is 45.5 Å². The number of hydrogen-bond acceptors (Lipinski definition) is 5. The normalized spacial score (nSPS) is 12.3. The van der Waals surface area contributed by atoms with Gasteiger partial charge in [0.25, 0.3) is 0 Å². The second kappa shape index (κ2) is 6.72. The lowest BCUT2D eigenvalue weighted by molar-refractivity contribution is 0.0599. The zero-order valence-electron chi connectivity index (χ0n) is 11.9. The number of rotatable bonds is 6. The van der Waals surface area contributed by atoms with Crippen LogP contribution in [0.1, 0.15) is 34.4 Å². The fourth-order valence-corrected chi connectivity index (χ4v) is 2.73. The molecule has 4 nitrogen and oxygen atoms in total. The van der Waals surface area contributed by atoms with E-state index in [4.69, 9.17) is 9.15 Å². The third-order valence-electron chi connectivity index (χ3n) is 3.12. The predicted octanol–water partition coefficient (Wildman–Crippen LogP) is 3.16. The number of ether oxygens (including phenoxy) is 1. The van der Waals surface area contributed by atoms with Crippen LogP contribution in [0.25, 0.3) is 0 Å². The summed E-state index contributed by atoms with van der Waals surface area (Å²) in [5, 5.41) is 7.63. The largest absolute Gasteiger partial charge is 0.465 e. The number of esters is 1. The van der Waals surface area contributed by atoms with Crippen molar-refractivity contribution in [3.63, 3.8) is 0 Å².